The minimum atomic E-state index is 0.207. The summed E-state index contributed by atoms with van der Waals surface area (Å²) in [5.41, 5.74) is 6.12. The standard InChI is InChI=1S/C15H20N4S/c1-10-6-5-7-11(8-10)13-16-17-14-19(13)18-12(9-20-14)15(2,3)4/h5-8,12,18H,9H2,1-4H3. The number of aromatic nitrogens is 3. The maximum absolute atomic E-state index is 4.36. The highest BCUT2D eigenvalue weighted by atomic mass is 32.2. The van der Waals surface area contributed by atoms with Crippen molar-refractivity contribution < 1.29 is 0 Å². The third-order valence-corrected chi connectivity index (χ3v) is 4.64. The minimum absolute atomic E-state index is 0.207. The van der Waals surface area contributed by atoms with E-state index >= 15 is 0 Å². The third kappa shape index (κ3) is 2.42. The summed E-state index contributed by atoms with van der Waals surface area (Å²) < 4.78 is 2.04. The lowest BCUT2D eigenvalue weighted by Gasteiger charge is -2.35. The van der Waals surface area contributed by atoms with Crippen molar-refractivity contribution in [1.29, 1.82) is 0 Å². The van der Waals surface area contributed by atoms with E-state index in [9.17, 15) is 0 Å². The highest BCUT2D eigenvalue weighted by molar-refractivity contribution is 7.99. The summed E-state index contributed by atoms with van der Waals surface area (Å²) in [5, 5.41) is 9.59. The molecule has 106 valence electrons. The highest BCUT2D eigenvalue weighted by Crippen LogP contribution is 2.32. The molecular weight excluding hydrogens is 268 g/mol. The first-order chi connectivity index (χ1) is 9.45. The maximum Gasteiger partial charge on any atom is 0.210 e. The number of nitrogens with zero attached hydrogens (tertiary/aromatic N) is 3. The third-order valence-electron chi connectivity index (χ3n) is 3.62. The van der Waals surface area contributed by atoms with Crippen LogP contribution in [0.5, 0.6) is 0 Å². The number of nitrogens with one attached hydrogen (secondary N) is 1. The predicted octanol–water partition coefficient (Wildman–Crippen LogP) is 3.32. The summed E-state index contributed by atoms with van der Waals surface area (Å²) in [4.78, 5) is 0. The first-order valence-corrected chi connectivity index (χ1v) is 7.85. The average molecular weight is 288 g/mol. The van der Waals surface area contributed by atoms with Crippen LogP contribution < -0.4 is 5.43 Å². The zero-order valence-electron chi connectivity index (χ0n) is 12.3. The van der Waals surface area contributed by atoms with E-state index in [1.807, 2.05) is 4.68 Å². The minimum Gasteiger partial charge on any atom is -0.318 e. The van der Waals surface area contributed by atoms with E-state index in [1.165, 1.54) is 5.56 Å². The molecule has 20 heavy (non-hydrogen) atoms. The molecule has 4 nitrogen and oxygen atoms in total. The Labute approximate surface area is 124 Å². The molecule has 1 N–H and O–H groups in total. The van der Waals surface area contributed by atoms with Gasteiger partial charge in [-0.3, -0.25) is 0 Å². The van der Waals surface area contributed by atoms with Crippen LogP contribution in [-0.4, -0.2) is 26.7 Å². The number of benzene rings is 1. The first-order valence-electron chi connectivity index (χ1n) is 6.87. The van der Waals surface area contributed by atoms with Crippen molar-refractivity contribution in [3.63, 3.8) is 0 Å². The van der Waals surface area contributed by atoms with E-state index in [2.05, 4.69) is 67.6 Å². The van der Waals surface area contributed by atoms with Gasteiger partial charge in [0.25, 0.3) is 0 Å². The van der Waals surface area contributed by atoms with E-state index in [-0.39, 0.29) is 5.41 Å². The number of fused-ring (bicyclic) bond motifs is 1. The molecule has 0 fully saturated rings. The fourth-order valence-electron chi connectivity index (χ4n) is 2.25. The molecule has 0 spiro atoms. The molecule has 0 amide bonds. The second-order valence-electron chi connectivity index (χ2n) is 6.37. The molecule has 2 aromatic rings. The van der Waals surface area contributed by atoms with Crippen LogP contribution in [-0.2, 0) is 0 Å². The molecule has 1 aliphatic rings. The molecule has 1 aromatic heterocycles. The second kappa shape index (κ2) is 4.81. The first kappa shape index (κ1) is 13.5. The average Bonchev–Trinajstić information content (AvgIpc) is 2.80. The number of hydrogen-bond acceptors (Lipinski definition) is 4. The topological polar surface area (TPSA) is 42.7 Å². The summed E-state index contributed by atoms with van der Waals surface area (Å²) in [6.45, 7) is 8.86. The van der Waals surface area contributed by atoms with Crippen LogP contribution in [0.15, 0.2) is 29.4 Å². The van der Waals surface area contributed by atoms with Gasteiger partial charge >= 0.3 is 0 Å². The van der Waals surface area contributed by atoms with Crippen LogP contribution in [0.4, 0.5) is 0 Å². The summed E-state index contributed by atoms with van der Waals surface area (Å²) in [6.07, 6.45) is 0. The van der Waals surface area contributed by atoms with Gasteiger partial charge in [0.15, 0.2) is 5.82 Å². The van der Waals surface area contributed by atoms with E-state index in [4.69, 9.17) is 0 Å². The van der Waals surface area contributed by atoms with Crippen LogP contribution in [0.1, 0.15) is 26.3 Å². The Morgan fingerprint density at radius 3 is 2.80 bits per heavy atom. The van der Waals surface area contributed by atoms with E-state index in [1.54, 1.807) is 11.8 Å². The maximum atomic E-state index is 4.36. The molecule has 2 heterocycles. The van der Waals surface area contributed by atoms with Crippen LogP contribution in [0.25, 0.3) is 11.4 Å². The van der Waals surface area contributed by atoms with Crippen molar-refractivity contribution in [3.8, 4) is 11.4 Å². The fraction of sp³-hybridized carbons (Fsp3) is 0.467. The van der Waals surface area contributed by atoms with Crippen molar-refractivity contribution >= 4 is 11.8 Å². The molecule has 1 aliphatic heterocycles. The monoisotopic (exact) mass is 288 g/mol. The molecule has 0 aliphatic carbocycles. The molecule has 1 aromatic carbocycles. The smallest absolute Gasteiger partial charge is 0.210 e. The number of aryl methyl sites for hydroxylation is 1. The van der Waals surface area contributed by atoms with Crippen molar-refractivity contribution in [2.45, 2.75) is 38.9 Å². The lowest BCUT2D eigenvalue weighted by molar-refractivity contribution is 0.337. The van der Waals surface area contributed by atoms with Gasteiger partial charge in [0, 0.05) is 11.3 Å². The lowest BCUT2D eigenvalue weighted by atomic mass is 9.88. The Morgan fingerprint density at radius 2 is 2.10 bits per heavy atom. The Balaban J connectivity index is 1.99. The highest BCUT2D eigenvalue weighted by Gasteiger charge is 2.31. The van der Waals surface area contributed by atoms with Crippen molar-refractivity contribution in [2.24, 2.45) is 5.41 Å². The van der Waals surface area contributed by atoms with E-state index < -0.39 is 0 Å². The quantitative estimate of drug-likeness (QED) is 0.874. The van der Waals surface area contributed by atoms with Gasteiger partial charge in [-0.2, -0.15) is 0 Å². The van der Waals surface area contributed by atoms with Gasteiger partial charge in [0.2, 0.25) is 5.16 Å². The van der Waals surface area contributed by atoms with Crippen LogP contribution in [0.3, 0.4) is 0 Å². The van der Waals surface area contributed by atoms with E-state index in [0.29, 0.717) is 6.04 Å². The van der Waals surface area contributed by atoms with Gasteiger partial charge < -0.3 is 5.43 Å². The van der Waals surface area contributed by atoms with Gasteiger partial charge in [-0.05, 0) is 18.4 Å². The van der Waals surface area contributed by atoms with Crippen molar-refractivity contribution in [2.75, 3.05) is 11.2 Å². The Hall–Kier alpha value is -1.49. The van der Waals surface area contributed by atoms with Crippen molar-refractivity contribution in [1.82, 2.24) is 14.9 Å². The van der Waals surface area contributed by atoms with Crippen LogP contribution in [0, 0.1) is 12.3 Å². The molecule has 0 bridgehead atoms. The summed E-state index contributed by atoms with van der Waals surface area (Å²) in [6, 6.07) is 8.78. The molecule has 1 unspecified atom stereocenters. The van der Waals surface area contributed by atoms with Gasteiger partial charge in [-0.1, -0.05) is 56.3 Å². The SMILES string of the molecule is Cc1cccc(-c2nnc3n2NC(C(C)(C)C)CS3)c1. The number of thioether (sulfide) groups is 1. The number of hydrogen-bond donors (Lipinski definition) is 1. The second-order valence-corrected chi connectivity index (χ2v) is 7.36. The molecule has 0 radical (unpaired) electrons. The van der Waals surface area contributed by atoms with Crippen molar-refractivity contribution in [3.05, 3.63) is 29.8 Å². The zero-order chi connectivity index (χ0) is 14.3. The predicted molar refractivity (Wildman–Crippen MR) is 83.5 cm³/mol. The van der Waals surface area contributed by atoms with Gasteiger partial charge in [0.1, 0.15) is 0 Å². The molecule has 0 saturated heterocycles. The van der Waals surface area contributed by atoms with E-state index in [0.717, 1.165) is 22.3 Å². The summed E-state index contributed by atoms with van der Waals surface area (Å²) >= 11 is 1.77. The molecular formula is C15H20N4S. The zero-order valence-corrected chi connectivity index (χ0v) is 13.2. The lowest BCUT2D eigenvalue weighted by Crippen LogP contribution is -2.43. The van der Waals surface area contributed by atoms with Crippen LogP contribution in [0.2, 0.25) is 0 Å². The van der Waals surface area contributed by atoms with Crippen LogP contribution >= 0.6 is 11.8 Å². The summed E-state index contributed by atoms with van der Waals surface area (Å²) in [5.74, 6) is 1.92. The Morgan fingerprint density at radius 1 is 1.30 bits per heavy atom. The summed E-state index contributed by atoms with van der Waals surface area (Å²) in [7, 11) is 0. The van der Waals surface area contributed by atoms with Gasteiger partial charge in [-0.25, -0.2) is 4.68 Å². The molecule has 3 rings (SSSR count). The largest absolute Gasteiger partial charge is 0.318 e. The molecule has 1 atom stereocenters. The molecule has 0 saturated carbocycles. The van der Waals surface area contributed by atoms with Gasteiger partial charge in [0.05, 0.1) is 6.04 Å². The normalized spacial score (nSPS) is 18.5. The Bertz CT molecular complexity index is 627. The number of rotatable bonds is 1. The van der Waals surface area contributed by atoms with Gasteiger partial charge in [-0.15, -0.1) is 10.2 Å². The Kier molecular flexibility index (Phi) is 3.24. The molecule has 5 heteroatoms. The fourth-order valence-corrected chi connectivity index (χ4v) is 3.50.